The Bertz CT molecular complexity index is 680. The van der Waals surface area contributed by atoms with Crippen LogP contribution in [0.3, 0.4) is 0 Å². The summed E-state index contributed by atoms with van der Waals surface area (Å²) in [5.41, 5.74) is 2.50. The molecule has 0 aromatic heterocycles. The Morgan fingerprint density at radius 2 is 1.96 bits per heavy atom. The third-order valence-corrected chi connectivity index (χ3v) is 3.99. The molecule has 0 fully saturated rings. The molecule has 2 aliphatic heterocycles. The Morgan fingerprint density at radius 3 is 2.57 bits per heavy atom. The largest absolute Gasteiger partial charge is 0.447 e. The number of aliphatic imine (C=N–C) groups is 1. The van der Waals surface area contributed by atoms with E-state index in [9.17, 15) is 17.6 Å². The lowest BCUT2D eigenvalue weighted by Gasteiger charge is -2.47. The van der Waals surface area contributed by atoms with Crippen molar-refractivity contribution in [2.45, 2.75) is 25.8 Å². The number of nitrogens with zero attached hydrogens (tertiary/aromatic N) is 4. The number of benzene rings is 1. The first-order chi connectivity index (χ1) is 10.8. The lowest BCUT2D eigenvalue weighted by atomic mass is 10.1. The van der Waals surface area contributed by atoms with Crippen molar-refractivity contribution in [3.8, 4) is 0 Å². The van der Waals surface area contributed by atoms with Crippen molar-refractivity contribution in [3.63, 3.8) is 0 Å². The maximum absolute atomic E-state index is 14.0. The Kier molecular flexibility index (Phi) is 3.55. The zero-order valence-electron chi connectivity index (χ0n) is 12.5. The molecule has 1 unspecified atom stereocenters. The van der Waals surface area contributed by atoms with Crippen LogP contribution in [0.25, 0.3) is 0 Å². The molecule has 0 bridgehead atoms. The van der Waals surface area contributed by atoms with Gasteiger partial charge in [0.1, 0.15) is 5.82 Å². The molecular weight excluding hydrogens is 314 g/mol. The van der Waals surface area contributed by atoms with Crippen LogP contribution in [0.5, 0.6) is 0 Å². The second kappa shape index (κ2) is 5.19. The van der Waals surface area contributed by atoms with Crippen molar-refractivity contribution >= 4 is 23.4 Å². The Balaban J connectivity index is 2.23. The van der Waals surface area contributed by atoms with Gasteiger partial charge in [-0.25, -0.2) is 4.39 Å². The minimum absolute atomic E-state index is 0.00711. The Hall–Kier alpha value is -2.16. The molecule has 0 aliphatic carbocycles. The number of alkyl halides is 3. The molecule has 23 heavy (non-hydrogen) atoms. The van der Waals surface area contributed by atoms with Gasteiger partial charge in [0.25, 0.3) is 5.79 Å². The lowest BCUT2D eigenvalue weighted by Crippen LogP contribution is -2.73. The minimum Gasteiger partial charge on any atom is -0.276 e. The highest BCUT2D eigenvalue weighted by atomic mass is 19.4. The van der Waals surface area contributed by atoms with E-state index in [4.69, 9.17) is 0 Å². The highest BCUT2D eigenvalue weighted by Crippen LogP contribution is 2.45. The van der Waals surface area contributed by atoms with Gasteiger partial charge in [-0.3, -0.25) is 20.2 Å². The number of nitrogens with one attached hydrogen (secondary N) is 1. The van der Waals surface area contributed by atoms with Crippen molar-refractivity contribution in [1.82, 2.24) is 10.3 Å². The summed E-state index contributed by atoms with van der Waals surface area (Å²) in [6.07, 6.45) is -3.44. The van der Waals surface area contributed by atoms with Gasteiger partial charge in [-0.1, -0.05) is 13.8 Å². The van der Waals surface area contributed by atoms with Crippen molar-refractivity contribution in [3.05, 3.63) is 24.0 Å². The molecule has 0 saturated heterocycles. The van der Waals surface area contributed by atoms with E-state index in [-0.39, 0.29) is 30.3 Å². The second-order valence-electron chi connectivity index (χ2n) is 5.15. The number of anilines is 1. The van der Waals surface area contributed by atoms with Crippen LogP contribution < -0.4 is 10.3 Å². The molecule has 124 valence electrons. The van der Waals surface area contributed by atoms with Crippen LogP contribution in [-0.4, -0.2) is 42.0 Å². The highest BCUT2D eigenvalue weighted by molar-refractivity contribution is 6.39. The summed E-state index contributed by atoms with van der Waals surface area (Å²) in [7, 11) is 0. The molecular formula is C14H15F4N5. The quantitative estimate of drug-likeness (QED) is 0.867. The number of rotatable bonds is 3. The molecule has 2 heterocycles. The summed E-state index contributed by atoms with van der Waals surface area (Å²) in [6.45, 7) is 3.51. The summed E-state index contributed by atoms with van der Waals surface area (Å²) >= 11 is 0. The molecule has 1 atom stereocenters. The van der Waals surface area contributed by atoms with Gasteiger partial charge in [-0.15, -0.1) is 0 Å². The van der Waals surface area contributed by atoms with E-state index in [1.165, 1.54) is 17.2 Å². The van der Waals surface area contributed by atoms with Crippen LogP contribution in [0.1, 0.15) is 13.8 Å². The maximum Gasteiger partial charge on any atom is 0.447 e. The van der Waals surface area contributed by atoms with Gasteiger partial charge in [-0.2, -0.15) is 18.3 Å². The number of hydrazone groups is 1. The third-order valence-electron chi connectivity index (χ3n) is 3.99. The standard InChI is InChI=1S/C14H15F4N5/c1-3-22(4-2)14(13(16,17)18)21-20-12-8-19-10-6-5-9(15)7-11(10)23(12)14/h5-8,21H,3-4H2,1-2H3. The van der Waals surface area contributed by atoms with E-state index in [0.717, 1.165) is 17.0 Å². The zero-order valence-corrected chi connectivity index (χ0v) is 12.5. The van der Waals surface area contributed by atoms with Gasteiger partial charge in [0.2, 0.25) is 0 Å². The number of hydrogen-bond acceptors (Lipinski definition) is 5. The van der Waals surface area contributed by atoms with Crippen LogP contribution in [-0.2, 0) is 0 Å². The predicted molar refractivity (Wildman–Crippen MR) is 79.3 cm³/mol. The maximum atomic E-state index is 14.0. The molecule has 3 rings (SSSR count). The van der Waals surface area contributed by atoms with Crippen molar-refractivity contribution in [2.75, 3.05) is 18.0 Å². The number of hydrogen-bond donors (Lipinski definition) is 1. The lowest BCUT2D eigenvalue weighted by molar-refractivity contribution is -0.237. The fraction of sp³-hybridized carbons (Fsp3) is 0.429. The molecule has 0 spiro atoms. The summed E-state index contributed by atoms with van der Waals surface area (Å²) in [4.78, 5) is 6.20. The molecule has 2 aliphatic rings. The number of amidine groups is 1. The molecule has 1 aromatic carbocycles. The van der Waals surface area contributed by atoms with E-state index in [2.05, 4.69) is 15.5 Å². The third kappa shape index (κ3) is 2.10. The molecule has 1 aromatic rings. The van der Waals surface area contributed by atoms with E-state index in [1.807, 2.05) is 0 Å². The number of halogens is 4. The van der Waals surface area contributed by atoms with Gasteiger partial charge < -0.3 is 0 Å². The van der Waals surface area contributed by atoms with Gasteiger partial charge in [0.05, 0.1) is 17.6 Å². The van der Waals surface area contributed by atoms with Crippen LogP contribution >= 0.6 is 0 Å². The summed E-state index contributed by atoms with van der Waals surface area (Å²) in [5.74, 6) is -3.21. The molecule has 0 amide bonds. The van der Waals surface area contributed by atoms with E-state index >= 15 is 0 Å². The molecule has 5 nitrogen and oxygen atoms in total. The summed E-state index contributed by atoms with van der Waals surface area (Å²) in [6, 6.07) is 3.55. The Morgan fingerprint density at radius 1 is 1.26 bits per heavy atom. The van der Waals surface area contributed by atoms with E-state index < -0.39 is 17.8 Å². The molecule has 0 saturated carbocycles. The molecule has 1 N–H and O–H groups in total. The highest BCUT2D eigenvalue weighted by Gasteiger charge is 2.66. The fourth-order valence-electron chi connectivity index (χ4n) is 2.96. The molecule has 0 radical (unpaired) electrons. The predicted octanol–water partition coefficient (Wildman–Crippen LogP) is 2.82. The topological polar surface area (TPSA) is 43.2 Å². The van der Waals surface area contributed by atoms with Crippen LogP contribution in [0, 0.1) is 5.82 Å². The van der Waals surface area contributed by atoms with Crippen molar-refractivity contribution < 1.29 is 17.6 Å². The smallest absolute Gasteiger partial charge is 0.276 e. The first-order valence-corrected chi connectivity index (χ1v) is 7.15. The van der Waals surface area contributed by atoms with Crippen molar-refractivity contribution in [1.29, 1.82) is 0 Å². The minimum atomic E-state index is -4.68. The first-order valence-electron chi connectivity index (χ1n) is 7.15. The van der Waals surface area contributed by atoms with Crippen molar-refractivity contribution in [2.24, 2.45) is 10.1 Å². The van der Waals surface area contributed by atoms with Gasteiger partial charge >= 0.3 is 6.18 Å². The summed E-state index contributed by atoms with van der Waals surface area (Å²) in [5, 5.41) is 3.78. The van der Waals surface area contributed by atoms with Crippen LogP contribution in [0.4, 0.5) is 28.9 Å². The van der Waals surface area contributed by atoms with Crippen LogP contribution in [0.15, 0.2) is 28.3 Å². The first kappa shape index (κ1) is 15.7. The monoisotopic (exact) mass is 329 g/mol. The van der Waals surface area contributed by atoms with E-state index in [0.29, 0.717) is 0 Å². The number of fused-ring (bicyclic) bond motifs is 3. The molecule has 9 heteroatoms. The average Bonchev–Trinajstić information content (AvgIpc) is 2.89. The van der Waals surface area contributed by atoms with Gasteiger partial charge in [-0.05, 0) is 31.3 Å². The normalized spacial score (nSPS) is 22.7. The average molecular weight is 329 g/mol. The van der Waals surface area contributed by atoms with Gasteiger partial charge in [0.15, 0.2) is 5.84 Å². The SMILES string of the molecule is CCN(CC)C1(C(F)(F)F)NN=C2C=Nc3ccc(F)cc3N21. The van der Waals surface area contributed by atoms with E-state index in [1.54, 1.807) is 13.8 Å². The summed E-state index contributed by atoms with van der Waals surface area (Å²) < 4.78 is 55.8. The van der Waals surface area contributed by atoms with Crippen LogP contribution in [0.2, 0.25) is 0 Å². The fourth-order valence-corrected chi connectivity index (χ4v) is 2.96. The van der Waals surface area contributed by atoms with Gasteiger partial charge in [0, 0.05) is 0 Å². The second-order valence-corrected chi connectivity index (χ2v) is 5.15. The Labute approximate surface area is 130 Å². The zero-order chi connectivity index (χ0) is 16.8.